The Hall–Kier alpha value is -2.30. The molecule has 0 saturated carbocycles. The van der Waals surface area contributed by atoms with E-state index in [-0.39, 0.29) is 0 Å². The van der Waals surface area contributed by atoms with Gasteiger partial charge in [-0.15, -0.1) is 0 Å². The molecule has 2 aromatic rings. The van der Waals surface area contributed by atoms with E-state index in [1.165, 1.54) is 6.07 Å². The van der Waals surface area contributed by atoms with Crippen LogP contribution in [0.2, 0.25) is 0 Å². The molecule has 3 aliphatic rings. The van der Waals surface area contributed by atoms with Crippen molar-refractivity contribution in [3.63, 3.8) is 0 Å². The summed E-state index contributed by atoms with van der Waals surface area (Å²) in [4.78, 5) is 24.9. The number of ether oxygens (including phenoxy) is 5. The standard InChI is InChI=1S/C22H25NO8/c1-10-8-14(24)26-13-9-11(6-7-12(10)13)23-19(25)17-15-16(29-21(2,3)28-15)18-20(27-17)31-22(4,5)30-18/h6-9,15-18,20H,1-5H3,(H,23,25)/t15-,16-,17+,18+,20+/m0/s1. The number of amides is 1. The number of carbonyl (C=O) groups excluding carboxylic acids is 1. The van der Waals surface area contributed by atoms with Crippen molar-refractivity contribution in [2.75, 3.05) is 5.32 Å². The summed E-state index contributed by atoms with van der Waals surface area (Å²) in [5, 5.41) is 3.62. The number of benzene rings is 1. The van der Waals surface area contributed by atoms with Crippen molar-refractivity contribution < 1.29 is 32.9 Å². The van der Waals surface area contributed by atoms with Crippen LogP contribution in [0.4, 0.5) is 5.69 Å². The largest absolute Gasteiger partial charge is 0.423 e. The SMILES string of the molecule is Cc1cc(=O)oc2cc(NC(=O)[C@@H]3O[C@@H]4OC(C)(C)O[C@@H]4[C@H]4OC(C)(C)O[C@@H]43)ccc12. The molecule has 1 aromatic heterocycles. The third-order valence-electron chi connectivity index (χ3n) is 5.63. The molecular formula is C22H25NO8. The summed E-state index contributed by atoms with van der Waals surface area (Å²) in [6, 6.07) is 6.57. The van der Waals surface area contributed by atoms with Crippen molar-refractivity contribution in [1.29, 1.82) is 0 Å². The summed E-state index contributed by atoms with van der Waals surface area (Å²) in [5.74, 6) is -2.18. The number of anilines is 1. The fourth-order valence-electron chi connectivity index (χ4n) is 4.44. The lowest BCUT2D eigenvalue weighted by Gasteiger charge is -2.36. The van der Waals surface area contributed by atoms with Crippen molar-refractivity contribution in [3.05, 3.63) is 40.2 Å². The quantitative estimate of drug-likeness (QED) is 0.723. The molecule has 1 N–H and O–H groups in total. The predicted molar refractivity (Wildman–Crippen MR) is 108 cm³/mol. The lowest BCUT2D eigenvalue weighted by atomic mass is 9.98. The van der Waals surface area contributed by atoms with Gasteiger partial charge >= 0.3 is 5.63 Å². The minimum atomic E-state index is -0.981. The Morgan fingerprint density at radius 1 is 0.935 bits per heavy atom. The number of aryl methyl sites for hydroxylation is 1. The van der Waals surface area contributed by atoms with Gasteiger partial charge in [0.25, 0.3) is 5.91 Å². The normalized spacial score (nSPS) is 33.1. The van der Waals surface area contributed by atoms with E-state index in [4.69, 9.17) is 28.1 Å². The van der Waals surface area contributed by atoms with Gasteiger partial charge in [-0.2, -0.15) is 0 Å². The second-order valence-electron chi connectivity index (χ2n) is 9.04. The molecule has 3 aliphatic heterocycles. The van der Waals surface area contributed by atoms with Gasteiger partial charge < -0.3 is 33.4 Å². The van der Waals surface area contributed by atoms with Crippen LogP contribution in [-0.2, 0) is 28.5 Å². The van der Waals surface area contributed by atoms with Gasteiger partial charge in [0.15, 0.2) is 24.0 Å². The Morgan fingerprint density at radius 2 is 1.61 bits per heavy atom. The van der Waals surface area contributed by atoms with E-state index >= 15 is 0 Å². The molecule has 0 aliphatic carbocycles. The molecule has 31 heavy (non-hydrogen) atoms. The summed E-state index contributed by atoms with van der Waals surface area (Å²) < 4.78 is 35.1. The molecule has 166 valence electrons. The van der Waals surface area contributed by atoms with E-state index in [0.29, 0.717) is 11.3 Å². The van der Waals surface area contributed by atoms with Crippen LogP contribution in [0.15, 0.2) is 33.5 Å². The van der Waals surface area contributed by atoms with E-state index in [1.54, 1.807) is 45.9 Å². The maximum atomic E-state index is 13.2. The number of fused-ring (bicyclic) bond motifs is 4. The average molecular weight is 431 g/mol. The number of nitrogens with one attached hydrogen (secondary N) is 1. The maximum absolute atomic E-state index is 13.2. The Labute approximate surface area is 178 Å². The number of carbonyl (C=O) groups is 1. The van der Waals surface area contributed by atoms with Gasteiger partial charge in [0.1, 0.15) is 23.9 Å². The highest BCUT2D eigenvalue weighted by Crippen LogP contribution is 2.44. The van der Waals surface area contributed by atoms with E-state index in [9.17, 15) is 9.59 Å². The highest BCUT2D eigenvalue weighted by atomic mass is 16.9. The smallest absolute Gasteiger partial charge is 0.336 e. The number of rotatable bonds is 2. The van der Waals surface area contributed by atoms with Gasteiger partial charge in [0.2, 0.25) is 0 Å². The van der Waals surface area contributed by atoms with Gasteiger partial charge in [-0.1, -0.05) is 0 Å². The second kappa shape index (κ2) is 6.85. The molecule has 1 aromatic carbocycles. The van der Waals surface area contributed by atoms with Crippen LogP contribution >= 0.6 is 0 Å². The third-order valence-corrected chi connectivity index (χ3v) is 5.63. The highest BCUT2D eigenvalue weighted by molar-refractivity contribution is 5.96. The Kier molecular flexibility index (Phi) is 4.55. The van der Waals surface area contributed by atoms with Crippen molar-refractivity contribution in [2.45, 2.75) is 76.9 Å². The fourth-order valence-corrected chi connectivity index (χ4v) is 4.44. The van der Waals surface area contributed by atoms with Crippen LogP contribution in [0.5, 0.6) is 0 Å². The highest BCUT2D eigenvalue weighted by Gasteiger charge is 2.62. The van der Waals surface area contributed by atoms with Crippen molar-refractivity contribution in [3.8, 4) is 0 Å². The molecule has 0 radical (unpaired) electrons. The topological polar surface area (TPSA) is 105 Å². The van der Waals surface area contributed by atoms with Gasteiger partial charge in [0, 0.05) is 23.2 Å². The number of hydrogen-bond acceptors (Lipinski definition) is 8. The Morgan fingerprint density at radius 3 is 2.39 bits per heavy atom. The number of hydrogen-bond donors (Lipinski definition) is 1. The lowest BCUT2D eigenvalue weighted by molar-refractivity contribution is -0.229. The van der Waals surface area contributed by atoms with Gasteiger partial charge in [0.05, 0.1) is 0 Å². The van der Waals surface area contributed by atoms with Crippen molar-refractivity contribution in [2.24, 2.45) is 0 Å². The molecule has 4 heterocycles. The molecule has 5 rings (SSSR count). The van der Waals surface area contributed by atoms with Crippen molar-refractivity contribution >= 4 is 22.6 Å². The van der Waals surface area contributed by atoms with Crippen LogP contribution in [0.3, 0.4) is 0 Å². The van der Waals surface area contributed by atoms with Crippen LogP contribution < -0.4 is 10.9 Å². The van der Waals surface area contributed by atoms with Crippen LogP contribution in [0, 0.1) is 6.92 Å². The summed E-state index contributed by atoms with van der Waals surface area (Å²) in [7, 11) is 0. The minimum absolute atomic E-state index is 0.390. The zero-order chi connectivity index (χ0) is 22.1. The van der Waals surface area contributed by atoms with Crippen molar-refractivity contribution in [1.82, 2.24) is 0 Å². The Balaban J connectivity index is 1.42. The summed E-state index contributed by atoms with van der Waals surface area (Å²) >= 11 is 0. The molecule has 0 unspecified atom stereocenters. The monoisotopic (exact) mass is 431 g/mol. The molecule has 1 amide bonds. The summed E-state index contributed by atoms with van der Waals surface area (Å²) in [6.07, 6.45) is -3.45. The van der Waals surface area contributed by atoms with Gasteiger partial charge in [-0.25, -0.2) is 4.79 Å². The molecule has 0 spiro atoms. The van der Waals surface area contributed by atoms with Gasteiger partial charge in [-0.05, 0) is 52.3 Å². The molecule has 0 bridgehead atoms. The molecular weight excluding hydrogens is 406 g/mol. The molecule has 3 saturated heterocycles. The van der Waals surface area contributed by atoms with Crippen LogP contribution in [-0.4, -0.2) is 48.2 Å². The van der Waals surface area contributed by atoms with Gasteiger partial charge in [-0.3, -0.25) is 4.79 Å². The van der Waals surface area contributed by atoms with Crippen LogP contribution in [0.1, 0.15) is 33.3 Å². The first-order chi connectivity index (χ1) is 14.5. The predicted octanol–water partition coefficient (Wildman–Crippen LogP) is 2.44. The van der Waals surface area contributed by atoms with Crippen LogP contribution in [0.25, 0.3) is 11.0 Å². The van der Waals surface area contributed by atoms with E-state index in [1.807, 2.05) is 6.92 Å². The zero-order valence-corrected chi connectivity index (χ0v) is 18.0. The van der Waals surface area contributed by atoms with E-state index in [0.717, 1.165) is 10.9 Å². The lowest BCUT2D eigenvalue weighted by Crippen LogP contribution is -2.58. The van der Waals surface area contributed by atoms with E-state index < -0.39 is 53.8 Å². The first-order valence-corrected chi connectivity index (χ1v) is 10.2. The second-order valence-corrected chi connectivity index (χ2v) is 9.04. The summed E-state index contributed by atoms with van der Waals surface area (Å²) in [5.41, 5.74) is 1.21. The maximum Gasteiger partial charge on any atom is 0.336 e. The third kappa shape index (κ3) is 3.66. The average Bonchev–Trinajstić information content (AvgIpc) is 3.14. The fraction of sp³-hybridized carbons (Fsp3) is 0.545. The summed E-state index contributed by atoms with van der Waals surface area (Å²) in [6.45, 7) is 8.96. The molecule has 9 nitrogen and oxygen atoms in total. The zero-order valence-electron chi connectivity index (χ0n) is 18.0. The Bertz CT molecular complexity index is 1110. The van der Waals surface area contributed by atoms with E-state index in [2.05, 4.69) is 5.32 Å². The molecule has 9 heteroatoms. The molecule has 3 fully saturated rings. The first-order valence-electron chi connectivity index (χ1n) is 10.2. The first kappa shape index (κ1) is 20.6. The minimum Gasteiger partial charge on any atom is -0.423 e. The molecule has 5 atom stereocenters.